The van der Waals surface area contributed by atoms with Gasteiger partial charge in [0.25, 0.3) is 0 Å². The quantitative estimate of drug-likeness (QED) is 0.556. The Morgan fingerprint density at radius 1 is 1.09 bits per heavy atom. The summed E-state index contributed by atoms with van der Waals surface area (Å²) >= 11 is 0. The van der Waals surface area contributed by atoms with Gasteiger partial charge in [0.05, 0.1) is 12.2 Å². The number of ether oxygens (including phenoxy) is 1. The van der Waals surface area contributed by atoms with Crippen molar-refractivity contribution < 1.29 is 23.1 Å². The molecule has 1 atom stereocenters. The number of allylic oxidation sites excluding steroid dienone is 1. The van der Waals surface area contributed by atoms with E-state index >= 15 is 0 Å². The summed E-state index contributed by atoms with van der Waals surface area (Å²) in [6.07, 6.45) is 1.34. The van der Waals surface area contributed by atoms with Crippen molar-refractivity contribution >= 4 is 23.5 Å². The van der Waals surface area contributed by atoms with Crippen molar-refractivity contribution in [1.82, 2.24) is 14.8 Å². The van der Waals surface area contributed by atoms with E-state index in [9.17, 15) is 18.4 Å². The second kappa shape index (κ2) is 9.42. The lowest BCUT2D eigenvalue weighted by Gasteiger charge is -2.35. The van der Waals surface area contributed by atoms with Gasteiger partial charge in [0.15, 0.2) is 0 Å². The lowest BCUT2D eigenvalue weighted by atomic mass is 9.94. The number of aromatic nitrogens is 3. The standard InChI is InChI=1S/C24H23F2N5O3/c1-4-34-23(33)21-15(3)30(12-20(32)29-19-10-17(25)9-18(26)11-19)24-27-13-28-31(24)22(21)16-7-5-14(2)6-8-16/h5-11,13,22H,4,12H2,1-3H3,(H,29,32). The van der Waals surface area contributed by atoms with Gasteiger partial charge in [0.1, 0.15) is 30.5 Å². The van der Waals surface area contributed by atoms with Crippen LogP contribution in [0.4, 0.5) is 20.4 Å². The summed E-state index contributed by atoms with van der Waals surface area (Å²) in [5.74, 6) is -2.37. The monoisotopic (exact) mass is 467 g/mol. The van der Waals surface area contributed by atoms with Crippen LogP contribution in [0, 0.1) is 18.6 Å². The number of rotatable bonds is 6. The van der Waals surface area contributed by atoms with Crippen LogP contribution in [0.3, 0.4) is 0 Å². The minimum atomic E-state index is -0.811. The predicted octanol–water partition coefficient (Wildman–Crippen LogP) is 3.75. The Morgan fingerprint density at radius 3 is 2.41 bits per heavy atom. The molecule has 3 aromatic rings. The normalized spacial score (nSPS) is 15.2. The van der Waals surface area contributed by atoms with Crippen LogP contribution < -0.4 is 10.2 Å². The van der Waals surface area contributed by atoms with Crippen LogP contribution in [0.1, 0.15) is 31.0 Å². The minimum Gasteiger partial charge on any atom is -0.463 e. The average Bonchev–Trinajstić information content (AvgIpc) is 3.25. The molecule has 2 aromatic carbocycles. The van der Waals surface area contributed by atoms with E-state index in [0.717, 1.165) is 23.3 Å². The molecule has 4 rings (SSSR count). The fourth-order valence-electron chi connectivity index (χ4n) is 3.92. The second-order valence-electron chi connectivity index (χ2n) is 7.83. The molecule has 176 valence electrons. The largest absolute Gasteiger partial charge is 0.463 e. The zero-order chi connectivity index (χ0) is 24.4. The molecule has 10 heteroatoms. The molecule has 0 saturated carbocycles. The number of amides is 1. The average molecular weight is 467 g/mol. The molecule has 1 amide bonds. The first-order valence-electron chi connectivity index (χ1n) is 10.7. The molecule has 2 heterocycles. The molecule has 0 spiro atoms. The Labute approximate surface area is 194 Å². The van der Waals surface area contributed by atoms with Crippen LogP contribution in [-0.4, -0.2) is 39.8 Å². The fourth-order valence-corrected chi connectivity index (χ4v) is 3.92. The molecule has 0 radical (unpaired) electrons. The van der Waals surface area contributed by atoms with E-state index in [1.165, 1.54) is 11.2 Å². The van der Waals surface area contributed by atoms with Crippen molar-refractivity contribution in [2.75, 3.05) is 23.4 Å². The van der Waals surface area contributed by atoms with E-state index in [1.54, 1.807) is 18.5 Å². The highest BCUT2D eigenvalue weighted by Gasteiger charge is 2.38. The highest BCUT2D eigenvalue weighted by molar-refractivity contribution is 5.96. The zero-order valence-electron chi connectivity index (χ0n) is 18.9. The molecule has 1 N–H and O–H groups in total. The van der Waals surface area contributed by atoms with Gasteiger partial charge in [-0.05, 0) is 38.5 Å². The Balaban J connectivity index is 1.72. The first-order valence-corrected chi connectivity index (χ1v) is 10.7. The van der Waals surface area contributed by atoms with E-state index in [0.29, 0.717) is 23.3 Å². The van der Waals surface area contributed by atoms with E-state index < -0.39 is 29.6 Å². The third kappa shape index (κ3) is 4.52. The van der Waals surface area contributed by atoms with Crippen molar-refractivity contribution in [2.24, 2.45) is 0 Å². The van der Waals surface area contributed by atoms with Gasteiger partial charge < -0.3 is 15.0 Å². The molecule has 1 aromatic heterocycles. The molecule has 1 aliphatic heterocycles. The number of nitrogens with zero attached hydrogens (tertiary/aromatic N) is 4. The lowest BCUT2D eigenvalue weighted by molar-refractivity contribution is -0.139. The number of esters is 1. The summed E-state index contributed by atoms with van der Waals surface area (Å²) in [6, 6.07) is 9.81. The molecule has 0 saturated heterocycles. The molecule has 0 fully saturated rings. The highest BCUT2D eigenvalue weighted by atomic mass is 19.1. The number of hydrogen-bond acceptors (Lipinski definition) is 6. The lowest BCUT2D eigenvalue weighted by Crippen LogP contribution is -2.40. The van der Waals surface area contributed by atoms with Crippen LogP contribution >= 0.6 is 0 Å². The van der Waals surface area contributed by atoms with E-state index in [-0.39, 0.29) is 18.8 Å². The van der Waals surface area contributed by atoms with E-state index in [4.69, 9.17) is 4.74 Å². The summed E-state index contributed by atoms with van der Waals surface area (Å²) in [7, 11) is 0. The molecule has 1 aliphatic rings. The summed E-state index contributed by atoms with van der Waals surface area (Å²) in [6.45, 7) is 5.27. The van der Waals surface area contributed by atoms with Crippen molar-refractivity contribution in [3.8, 4) is 0 Å². The summed E-state index contributed by atoms with van der Waals surface area (Å²) in [5, 5.41) is 6.80. The fraction of sp³-hybridized carbons (Fsp3) is 0.250. The minimum absolute atomic E-state index is 0.0224. The third-order valence-corrected chi connectivity index (χ3v) is 5.44. The summed E-state index contributed by atoms with van der Waals surface area (Å²) in [4.78, 5) is 31.6. The molecular weight excluding hydrogens is 444 g/mol. The predicted molar refractivity (Wildman–Crippen MR) is 121 cm³/mol. The number of carbonyl (C=O) groups is 2. The topological polar surface area (TPSA) is 89.3 Å². The highest BCUT2D eigenvalue weighted by Crippen LogP contribution is 2.38. The van der Waals surface area contributed by atoms with Gasteiger partial charge in [0, 0.05) is 17.5 Å². The SMILES string of the molecule is CCOC(=O)C1=C(C)N(CC(=O)Nc2cc(F)cc(F)c2)c2ncnn2C1c1ccc(C)cc1. The molecule has 34 heavy (non-hydrogen) atoms. The van der Waals surface area contributed by atoms with Crippen molar-refractivity contribution in [2.45, 2.75) is 26.8 Å². The maximum atomic E-state index is 13.5. The van der Waals surface area contributed by atoms with Gasteiger partial charge in [-0.15, -0.1) is 0 Å². The Morgan fingerprint density at radius 2 is 1.76 bits per heavy atom. The van der Waals surface area contributed by atoms with Gasteiger partial charge in [0.2, 0.25) is 11.9 Å². The second-order valence-corrected chi connectivity index (χ2v) is 7.83. The van der Waals surface area contributed by atoms with Gasteiger partial charge in [-0.25, -0.2) is 18.3 Å². The Bertz CT molecular complexity index is 1250. The smallest absolute Gasteiger partial charge is 0.338 e. The van der Waals surface area contributed by atoms with Crippen molar-refractivity contribution in [3.63, 3.8) is 0 Å². The molecule has 8 nitrogen and oxygen atoms in total. The Hall–Kier alpha value is -4.08. The van der Waals surface area contributed by atoms with Gasteiger partial charge in [-0.1, -0.05) is 29.8 Å². The molecule has 0 aliphatic carbocycles. The number of halogens is 2. The van der Waals surface area contributed by atoms with Crippen LogP contribution in [-0.2, 0) is 14.3 Å². The van der Waals surface area contributed by atoms with Gasteiger partial charge >= 0.3 is 5.97 Å². The number of anilines is 2. The first kappa shape index (κ1) is 23.1. The number of carbonyl (C=O) groups excluding carboxylic acids is 2. The maximum Gasteiger partial charge on any atom is 0.338 e. The van der Waals surface area contributed by atoms with Crippen LogP contribution in [0.15, 0.2) is 60.1 Å². The number of nitrogens with one attached hydrogen (secondary N) is 1. The summed E-state index contributed by atoms with van der Waals surface area (Å²) in [5.41, 5.74) is 2.62. The molecule has 0 bridgehead atoms. The van der Waals surface area contributed by atoms with Crippen molar-refractivity contribution in [3.05, 3.63) is 82.8 Å². The van der Waals surface area contributed by atoms with Crippen LogP contribution in [0.5, 0.6) is 0 Å². The maximum absolute atomic E-state index is 13.5. The number of hydrogen-bond donors (Lipinski definition) is 1. The molecule has 1 unspecified atom stereocenters. The molecular formula is C24H23F2N5O3. The van der Waals surface area contributed by atoms with E-state index in [2.05, 4.69) is 15.4 Å². The van der Waals surface area contributed by atoms with Crippen LogP contribution in [0.25, 0.3) is 0 Å². The Kier molecular flexibility index (Phi) is 6.40. The van der Waals surface area contributed by atoms with Crippen LogP contribution in [0.2, 0.25) is 0 Å². The van der Waals surface area contributed by atoms with E-state index in [1.807, 2.05) is 31.2 Å². The van der Waals surface area contributed by atoms with Gasteiger partial charge in [-0.3, -0.25) is 4.79 Å². The third-order valence-electron chi connectivity index (χ3n) is 5.44. The number of benzene rings is 2. The number of aryl methyl sites for hydroxylation is 1. The van der Waals surface area contributed by atoms with Crippen molar-refractivity contribution in [1.29, 1.82) is 0 Å². The first-order chi connectivity index (χ1) is 16.3. The summed E-state index contributed by atoms with van der Waals surface area (Å²) < 4.78 is 33.9. The zero-order valence-corrected chi connectivity index (χ0v) is 18.9. The number of fused-ring (bicyclic) bond motifs is 1. The van der Waals surface area contributed by atoms with Gasteiger partial charge in [-0.2, -0.15) is 10.1 Å².